The predicted molar refractivity (Wildman–Crippen MR) is 74.6 cm³/mol. The summed E-state index contributed by atoms with van der Waals surface area (Å²) in [5.74, 6) is 0. The number of nitrogens with two attached hydrogens (primary N) is 1. The first kappa shape index (κ1) is 13.2. The highest BCUT2D eigenvalue weighted by Crippen LogP contribution is 2.48. The summed E-state index contributed by atoms with van der Waals surface area (Å²) in [7, 11) is 0. The normalized spacial score (nSPS) is 28.1. The van der Waals surface area contributed by atoms with E-state index in [1.807, 2.05) is 18.2 Å². The predicted octanol–water partition coefficient (Wildman–Crippen LogP) is 4.75. The second-order valence-corrected chi connectivity index (χ2v) is 6.51. The number of rotatable bonds is 1. The Morgan fingerprint density at radius 1 is 1.06 bits per heavy atom. The van der Waals surface area contributed by atoms with Gasteiger partial charge < -0.3 is 5.73 Å². The monoisotopic (exact) mass is 271 g/mol. The number of hydrogen-bond donors (Lipinski definition) is 1. The van der Waals surface area contributed by atoms with Gasteiger partial charge in [-0.15, -0.1) is 0 Å². The summed E-state index contributed by atoms with van der Waals surface area (Å²) < 4.78 is 0. The van der Waals surface area contributed by atoms with Gasteiger partial charge in [0.25, 0.3) is 0 Å². The minimum Gasteiger partial charge on any atom is -0.321 e. The van der Waals surface area contributed by atoms with E-state index in [1.165, 1.54) is 12.8 Å². The highest BCUT2D eigenvalue weighted by atomic mass is 35.5. The molecule has 94 valence electrons. The molecule has 0 aromatic heterocycles. The standard InChI is InChI=1S/C14H19Cl2N/c1-13(2)7-3-4-8-14(13,17)10-5-6-11(15)12(16)9-10/h5-6,9H,3-4,7-8,17H2,1-2H3. The first-order valence-corrected chi connectivity index (χ1v) is 6.87. The molecule has 0 spiro atoms. The summed E-state index contributed by atoms with van der Waals surface area (Å²) in [6, 6.07) is 5.79. The van der Waals surface area contributed by atoms with Crippen molar-refractivity contribution >= 4 is 23.2 Å². The van der Waals surface area contributed by atoms with Crippen molar-refractivity contribution in [2.24, 2.45) is 11.1 Å². The lowest BCUT2D eigenvalue weighted by atomic mass is 9.61. The highest BCUT2D eigenvalue weighted by molar-refractivity contribution is 6.42. The first-order chi connectivity index (χ1) is 7.87. The van der Waals surface area contributed by atoms with Crippen molar-refractivity contribution in [2.45, 2.75) is 45.1 Å². The largest absolute Gasteiger partial charge is 0.321 e. The Bertz CT molecular complexity index is 428. The summed E-state index contributed by atoms with van der Waals surface area (Å²) in [5, 5.41) is 1.18. The molecule has 0 aliphatic heterocycles. The molecule has 1 nitrogen and oxygen atoms in total. The molecule has 0 amide bonds. The van der Waals surface area contributed by atoms with Gasteiger partial charge in [0.05, 0.1) is 10.0 Å². The SMILES string of the molecule is CC1(C)CCCCC1(N)c1ccc(Cl)c(Cl)c1. The Balaban J connectivity index is 2.45. The minimum atomic E-state index is -0.292. The second-order valence-electron chi connectivity index (χ2n) is 5.69. The Morgan fingerprint density at radius 2 is 1.71 bits per heavy atom. The molecule has 2 rings (SSSR count). The van der Waals surface area contributed by atoms with Crippen LogP contribution in [-0.2, 0) is 5.54 Å². The van der Waals surface area contributed by atoms with Crippen LogP contribution in [0.3, 0.4) is 0 Å². The maximum Gasteiger partial charge on any atom is 0.0595 e. The molecule has 1 saturated carbocycles. The van der Waals surface area contributed by atoms with E-state index in [2.05, 4.69) is 13.8 Å². The van der Waals surface area contributed by atoms with Crippen LogP contribution in [-0.4, -0.2) is 0 Å². The molecule has 1 fully saturated rings. The average molecular weight is 272 g/mol. The fourth-order valence-electron chi connectivity index (χ4n) is 2.84. The van der Waals surface area contributed by atoms with Gasteiger partial charge in [-0.1, -0.05) is 56.0 Å². The van der Waals surface area contributed by atoms with Gasteiger partial charge in [0.15, 0.2) is 0 Å². The van der Waals surface area contributed by atoms with Crippen LogP contribution < -0.4 is 5.73 Å². The molecular formula is C14H19Cl2N. The molecule has 3 heteroatoms. The molecule has 1 aromatic rings. The van der Waals surface area contributed by atoms with E-state index in [1.54, 1.807) is 0 Å². The van der Waals surface area contributed by atoms with E-state index in [4.69, 9.17) is 28.9 Å². The first-order valence-electron chi connectivity index (χ1n) is 6.11. The Labute approximate surface area is 113 Å². The van der Waals surface area contributed by atoms with Crippen molar-refractivity contribution in [1.29, 1.82) is 0 Å². The van der Waals surface area contributed by atoms with E-state index in [9.17, 15) is 0 Å². The van der Waals surface area contributed by atoms with Crippen LogP contribution in [0.2, 0.25) is 10.0 Å². The van der Waals surface area contributed by atoms with E-state index in [0.717, 1.165) is 18.4 Å². The Kier molecular flexibility index (Phi) is 3.46. The lowest BCUT2D eigenvalue weighted by Crippen LogP contribution is -2.51. The molecular weight excluding hydrogens is 253 g/mol. The van der Waals surface area contributed by atoms with E-state index in [0.29, 0.717) is 10.0 Å². The molecule has 0 heterocycles. The quantitative estimate of drug-likeness (QED) is 0.784. The molecule has 17 heavy (non-hydrogen) atoms. The van der Waals surface area contributed by atoms with Crippen molar-refractivity contribution < 1.29 is 0 Å². The molecule has 1 aliphatic carbocycles. The Morgan fingerprint density at radius 3 is 2.29 bits per heavy atom. The number of hydrogen-bond acceptors (Lipinski definition) is 1. The molecule has 0 radical (unpaired) electrons. The molecule has 1 aliphatic rings. The number of halogens is 2. The lowest BCUT2D eigenvalue weighted by molar-refractivity contribution is 0.0979. The van der Waals surface area contributed by atoms with Gasteiger partial charge in [-0.25, -0.2) is 0 Å². The van der Waals surface area contributed by atoms with Gasteiger partial charge in [0.1, 0.15) is 0 Å². The van der Waals surface area contributed by atoms with Gasteiger partial charge in [-0.3, -0.25) is 0 Å². The third-order valence-corrected chi connectivity index (χ3v) is 5.00. The van der Waals surface area contributed by atoms with Crippen LogP contribution >= 0.6 is 23.2 Å². The highest BCUT2D eigenvalue weighted by Gasteiger charge is 2.44. The van der Waals surface area contributed by atoms with Gasteiger partial charge in [-0.2, -0.15) is 0 Å². The zero-order chi connectivity index (χ0) is 12.7. The second kappa shape index (κ2) is 4.46. The van der Waals surface area contributed by atoms with Gasteiger partial charge in [-0.05, 0) is 36.0 Å². The lowest BCUT2D eigenvalue weighted by Gasteiger charge is -2.48. The van der Waals surface area contributed by atoms with Crippen LogP contribution in [0.25, 0.3) is 0 Å². The summed E-state index contributed by atoms with van der Waals surface area (Å²) in [6.45, 7) is 4.49. The molecule has 1 unspecified atom stereocenters. The van der Waals surface area contributed by atoms with Gasteiger partial charge >= 0.3 is 0 Å². The minimum absolute atomic E-state index is 0.0996. The van der Waals surface area contributed by atoms with E-state index >= 15 is 0 Å². The van der Waals surface area contributed by atoms with Crippen molar-refractivity contribution in [3.63, 3.8) is 0 Å². The molecule has 1 atom stereocenters. The fraction of sp³-hybridized carbons (Fsp3) is 0.571. The van der Waals surface area contributed by atoms with Crippen LogP contribution in [0.1, 0.15) is 45.1 Å². The summed E-state index contributed by atoms with van der Waals surface area (Å²) in [5.41, 5.74) is 7.59. The van der Waals surface area contributed by atoms with Crippen LogP contribution in [0.5, 0.6) is 0 Å². The smallest absolute Gasteiger partial charge is 0.0595 e. The van der Waals surface area contributed by atoms with E-state index < -0.39 is 0 Å². The zero-order valence-corrected chi connectivity index (χ0v) is 11.9. The summed E-state index contributed by atoms with van der Waals surface area (Å²) in [4.78, 5) is 0. The molecule has 1 aromatic carbocycles. The van der Waals surface area contributed by atoms with Crippen LogP contribution in [0, 0.1) is 5.41 Å². The third-order valence-electron chi connectivity index (χ3n) is 4.27. The van der Waals surface area contributed by atoms with Crippen LogP contribution in [0.4, 0.5) is 0 Å². The van der Waals surface area contributed by atoms with E-state index in [-0.39, 0.29) is 11.0 Å². The summed E-state index contributed by atoms with van der Waals surface area (Å²) >= 11 is 12.1. The van der Waals surface area contributed by atoms with Crippen LogP contribution in [0.15, 0.2) is 18.2 Å². The molecule has 2 N–H and O–H groups in total. The van der Waals surface area contributed by atoms with Gasteiger partial charge in [0, 0.05) is 5.54 Å². The van der Waals surface area contributed by atoms with Crippen molar-refractivity contribution in [3.8, 4) is 0 Å². The topological polar surface area (TPSA) is 26.0 Å². The van der Waals surface area contributed by atoms with Crippen molar-refractivity contribution in [3.05, 3.63) is 33.8 Å². The molecule has 0 bridgehead atoms. The molecule has 0 saturated heterocycles. The van der Waals surface area contributed by atoms with Gasteiger partial charge in [0.2, 0.25) is 0 Å². The zero-order valence-electron chi connectivity index (χ0n) is 10.4. The third kappa shape index (κ3) is 2.21. The van der Waals surface area contributed by atoms with Crippen molar-refractivity contribution in [2.75, 3.05) is 0 Å². The summed E-state index contributed by atoms with van der Waals surface area (Å²) in [6.07, 6.45) is 4.61. The fourth-order valence-corrected chi connectivity index (χ4v) is 3.14. The maximum absolute atomic E-state index is 6.68. The Hall–Kier alpha value is -0.240. The number of benzene rings is 1. The maximum atomic E-state index is 6.68. The average Bonchev–Trinajstić information content (AvgIpc) is 2.26. The van der Waals surface area contributed by atoms with Crippen molar-refractivity contribution in [1.82, 2.24) is 0 Å².